The zero-order valence-corrected chi connectivity index (χ0v) is 11.5. The van der Waals surface area contributed by atoms with Gasteiger partial charge in [-0.05, 0) is 0 Å². The average molecular weight is 294 g/mol. The summed E-state index contributed by atoms with van der Waals surface area (Å²) in [7, 11) is 0. The molecular formula is C13H9InN. The number of hydrogen-bond donors (Lipinski definition) is 0. The molecule has 0 unspecified atom stereocenters. The first-order chi connectivity index (χ1) is 7.43. The van der Waals surface area contributed by atoms with Gasteiger partial charge < -0.3 is 0 Å². The van der Waals surface area contributed by atoms with Gasteiger partial charge in [0, 0.05) is 0 Å². The van der Waals surface area contributed by atoms with E-state index in [-0.39, 0.29) is 0 Å². The molecule has 2 heterocycles. The SMILES string of the molecule is [CH]1=CC(c2ccc3ccccc3n2)=[CH][In]1. The molecule has 2 aromatic rings. The van der Waals surface area contributed by atoms with E-state index in [4.69, 9.17) is 0 Å². The maximum absolute atomic E-state index is 4.67. The third-order valence-electron chi connectivity index (χ3n) is 2.56. The van der Waals surface area contributed by atoms with Crippen LogP contribution in [0.1, 0.15) is 5.69 Å². The van der Waals surface area contributed by atoms with Crippen LogP contribution >= 0.6 is 0 Å². The Labute approximate surface area is 99.9 Å². The number of nitrogens with zero attached hydrogens (tertiary/aromatic N) is 1. The fourth-order valence-corrected chi connectivity index (χ4v) is 4.39. The third kappa shape index (κ3) is 1.74. The molecule has 1 aromatic heterocycles. The average Bonchev–Trinajstić information content (AvgIpc) is 2.82. The standard InChI is InChI=1S/C13H9N.In/c1-3-10(2)12-9-8-11-6-4-5-7-13(11)14-12;/h1-9H;. The van der Waals surface area contributed by atoms with Gasteiger partial charge in [0.15, 0.2) is 0 Å². The van der Waals surface area contributed by atoms with E-state index >= 15 is 0 Å². The van der Waals surface area contributed by atoms with Crippen LogP contribution in [-0.2, 0) is 0 Å². The number of rotatable bonds is 1. The number of hydrogen-bond acceptors (Lipinski definition) is 1. The summed E-state index contributed by atoms with van der Waals surface area (Å²) in [6.07, 6.45) is 2.22. The summed E-state index contributed by atoms with van der Waals surface area (Å²) < 4.78 is 4.74. The number of aromatic nitrogens is 1. The minimum absolute atomic E-state index is 0.492. The third-order valence-corrected chi connectivity index (χ3v) is 5.31. The molecule has 0 N–H and O–H groups in total. The van der Waals surface area contributed by atoms with Crippen molar-refractivity contribution in [3.05, 3.63) is 55.8 Å². The second-order valence-corrected chi connectivity index (χ2v) is 6.71. The van der Waals surface area contributed by atoms with Crippen LogP contribution in [0.2, 0.25) is 0 Å². The van der Waals surface area contributed by atoms with Gasteiger partial charge in [0.2, 0.25) is 0 Å². The fraction of sp³-hybridized carbons (Fsp3) is 0. The minimum atomic E-state index is -0.492. The van der Waals surface area contributed by atoms with Crippen LogP contribution in [0.5, 0.6) is 0 Å². The first-order valence-corrected chi connectivity index (χ1v) is 8.82. The Bertz CT molecular complexity index is 570. The van der Waals surface area contributed by atoms with Gasteiger partial charge in [-0.3, -0.25) is 0 Å². The molecule has 1 nitrogen and oxygen atoms in total. The summed E-state index contributed by atoms with van der Waals surface area (Å²) in [5.74, 6) is 0. The Balaban J connectivity index is 2.17. The zero-order chi connectivity index (χ0) is 10.1. The van der Waals surface area contributed by atoms with Crippen LogP contribution in [0.25, 0.3) is 16.5 Å². The quantitative estimate of drug-likeness (QED) is 0.788. The van der Waals surface area contributed by atoms with E-state index in [1.165, 1.54) is 11.0 Å². The monoisotopic (exact) mass is 294 g/mol. The van der Waals surface area contributed by atoms with E-state index in [9.17, 15) is 0 Å². The van der Waals surface area contributed by atoms with Gasteiger partial charge in [0.1, 0.15) is 0 Å². The van der Waals surface area contributed by atoms with Crippen LogP contribution in [0, 0.1) is 0 Å². The Morgan fingerprint density at radius 2 is 1.93 bits per heavy atom. The van der Waals surface area contributed by atoms with Gasteiger partial charge in [-0.15, -0.1) is 0 Å². The molecular weight excluding hydrogens is 285 g/mol. The van der Waals surface area contributed by atoms with Gasteiger partial charge in [-0.25, -0.2) is 0 Å². The van der Waals surface area contributed by atoms with Crippen molar-refractivity contribution in [2.75, 3.05) is 0 Å². The molecule has 0 saturated heterocycles. The van der Waals surface area contributed by atoms with Crippen molar-refractivity contribution in [2.45, 2.75) is 0 Å². The molecule has 1 aromatic carbocycles. The molecule has 0 fully saturated rings. The molecule has 15 heavy (non-hydrogen) atoms. The van der Waals surface area contributed by atoms with Gasteiger partial charge >= 0.3 is 100 Å². The Hall–Kier alpha value is -1.02. The van der Waals surface area contributed by atoms with Gasteiger partial charge in [-0.1, -0.05) is 0 Å². The Morgan fingerprint density at radius 1 is 1.00 bits per heavy atom. The van der Waals surface area contributed by atoms with Crippen LogP contribution in [0.3, 0.4) is 0 Å². The first-order valence-electron chi connectivity index (χ1n) is 5.01. The molecule has 0 aliphatic carbocycles. The molecule has 3 rings (SSSR count). The first kappa shape index (κ1) is 9.22. The maximum atomic E-state index is 4.67. The Kier molecular flexibility index (Phi) is 2.37. The van der Waals surface area contributed by atoms with Crippen molar-refractivity contribution in [3.63, 3.8) is 0 Å². The van der Waals surface area contributed by atoms with Crippen molar-refractivity contribution < 1.29 is 0 Å². The summed E-state index contributed by atoms with van der Waals surface area (Å²) >= 11 is -0.492. The predicted octanol–water partition coefficient (Wildman–Crippen LogP) is 2.81. The van der Waals surface area contributed by atoms with Crippen molar-refractivity contribution in [2.24, 2.45) is 0 Å². The van der Waals surface area contributed by atoms with E-state index in [0.29, 0.717) is 0 Å². The van der Waals surface area contributed by atoms with Crippen LogP contribution in [0.4, 0.5) is 0 Å². The topological polar surface area (TPSA) is 12.9 Å². The van der Waals surface area contributed by atoms with Crippen LogP contribution in [0.15, 0.2) is 50.1 Å². The second-order valence-electron chi connectivity index (χ2n) is 3.56. The molecule has 1 aliphatic heterocycles. The molecule has 1 aliphatic rings. The van der Waals surface area contributed by atoms with Crippen molar-refractivity contribution in [1.82, 2.24) is 4.98 Å². The van der Waals surface area contributed by atoms with Crippen molar-refractivity contribution in [3.8, 4) is 0 Å². The summed E-state index contributed by atoms with van der Waals surface area (Å²) in [5, 5.41) is 1.21. The number of pyridine rings is 1. The Morgan fingerprint density at radius 3 is 2.80 bits per heavy atom. The molecule has 0 bridgehead atoms. The van der Waals surface area contributed by atoms with Crippen molar-refractivity contribution in [1.29, 1.82) is 0 Å². The number of allylic oxidation sites excluding steroid dienone is 2. The summed E-state index contributed by atoms with van der Waals surface area (Å²) in [4.78, 5) is 4.67. The van der Waals surface area contributed by atoms with Gasteiger partial charge in [0.05, 0.1) is 0 Å². The molecule has 0 saturated carbocycles. The van der Waals surface area contributed by atoms with E-state index in [1.54, 1.807) is 0 Å². The number of fused-ring (bicyclic) bond motifs is 1. The van der Waals surface area contributed by atoms with E-state index in [2.05, 4.69) is 43.0 Å². The van der Waals surface area contributed by atoms with Crippen LogP contribution in [-0.4, -0.2) is 27.9 Å². The zero-order valence-electron chi connectivity index (χ0n) is 8.22. The molecule has 1 radical (unpaired) electrons. The molecule has 0 atom stereocenters. The number of benzene rings is 1. The van der Waals surface area contributed by atoms with Gasteiger partial charge in [0.25, 0.3) is 0 Å². The second kappa shape index (κ2) is 3.86. The van der Waals surface area contributed by atoms with Gasteiger partial charge in [-0.2, -0.15) is 0 Å². The molecule has 0 amide bonds. The molecule has 2 heteroatoms. The van der Waals surface area contributed by atoms with Crippen molar-refractivity contribution >= 4 is 39.4 Å². The summed E-state index contributed by atoms with van der Waals surface area (Å²) in [6, 6.07) is 12.5. The van der Waals surface area contributed by atoms with E-state index in [0.717, 1.165) is 11.2 Å². The van der Waals surface area contributed by atoms with E-state index in [1.807, 2.05) is 12.1 Å². The fourth-order valence-electron chi connectivity index (χ4n) is 1.77. The molecule has 0 spiro atoms. The van der Waals surface area contributed by atoms with Crippen LogP contribution < -0.4 is 0 Å². The molecule has 69 valence electrons. The number of para-hydroxylation sites is 1. The summed E-state index contributed by atoms with van der Waals surface area (Å²) in [6.45, 7) is 0. The summed E-state index contributed by atoms with van der Waals surface area (Å²) in [5.41, 5.74) is 3.53. The van der Waals surface area contributed by atoms with E-state index < -0.39 is 22.9 Å². The predicted molar refractivity (Wildman–Crippen MR) is 64.6 cm³/mol. The normalized spacial score (nSPS) is 14.0.